The highest BCUT2D eigenvalue weighted by molar-refractivity contribution is 7.14. The number of hydrogen-bond donors (Lipinski definition) is 2. The van der Waals surface area contributed by atoms with Gasteiger partial charge >= 0.3 is 0 Å². The molecule has 0 spiro atoms. The Kier molecular flexibility index (Phi) is 12.5. The van der Waals surface area contributed by atoms with E-state index >= 15 is 0 Å². The van der Waals surface area contributed by atoms with Crippen LogP contribution < -0.4 is 15.5 Å². The van der Waals surface area contributed by atoms with Gasteiger partial charge in [-0.05, 0) is 95.1 Å². The molecular formula is C41H47N9O5S2. The summed E-state index contributed by atoms with van der Waals surface area (Å²) in [5.41, 5.74) is 3.36. The van der Waals surface area contributed by atoms with Crippen molar-refractivity contribution in [1.82, 2.24) is 29.3 Å². The minimum Gasteiger partial charge on any atom is -0.364 e. The summed E-state index contributed by atoms with van der Waals surface area (Å²) in [6.45, 7) is 14.2. The van der Waals surface area contributed by atoms with E-state index in [9.17, 15) is 14.4 Å². The molecule has 0 fully saturated rings. The van der Waals surface area contributed by atoms with E-state index < -0.39 is 11.2 Å². The van der Waals surface area contributed by atoms with Gasteiger partial charge in [-0.3, -0.25) is 34.7 Å². The van der Waals surface area contributed by atoms with Gasteiger partial charge in [-0.1, -0.05) is 12.1 Å². The maximum Gasteiger partial charge on any atom is 0.277 e. The summed E-state index contributed by atoms with van der Waals surface area (Å²) in [7, 11) is 1.73. The Morgan fingerprint density at radius 1 is 0.772 bits per heavy atom. The van der Waals surface area contributed by atoms with Gasteiger partial charge in [0.15, 0.2) is 16.0 Å². The predicted molar refractivity (Wildman–Crippen MR) is 222 cm³/mol. The van der Waals surface area contributed by atoms with E-state index in [-0.39, 0.29) is 29.9 Å². The number of carbonyl (C=O) groups is 3. The molecule has 5 heterocycles. The molecule has 1 aromatic carbocycles. The van der Waals surface area contributed by atoms with Crippen LogP contribution in [-0.4, -0.2) is 66.3 Å². The average Bonchev–Trinajstić information content (AvgIpc) is 4.00. The van der Waals surface area contributed by atoms with E-state index in [1.165, 1.54) is 29.6 Å². The topological polar surface area (TPSA) is 158 Å². The van der Waals surface area contributed by atoms with Crippen LogP contribution in [0.25, 0.3) is 0 Å². The van der Waals surface area contributed by atoms with Gasteiger partial charge in [-0.2, -0.15) is 5.10 Å². The van der Waals surface area contributed by atoms with Crippen LogP contribution in [0.3, 0.4) is 0 Å². The van der Waals surface area contributed by atoms with Gasteiger partial charge in [0.1, 0.15) is 16.9 Å². The number of anilines is 3. The molecule has 0 saturated carbocycles. The standard InChI is InChI=1S/C41H47N9O5S2/c1-26(54-40(4,5)34-24-56-38(43-34)45-36(52)32-17-21-50(47-32)23-30-15-18-42-19-16-30)27(2)55-41(6,7)35-25-57-39(44-35)46-37(53)33-10-9-20-49(33)22-29-11-13-31(14-12-29)48(8)28(3)51/h9-21,24-27H,22-23H2,1-8H3,(H,43,45,52)(H,44,46,53). The van der Waals surface area contributed by atoms with Crippen LogP contribution in [0.4, 0.5) is 16.0 Å². The lowest BCUT2D eigenvalue weighted by atomic mass is 10.0. The van der Waals surface area contributed by atoms with Gasteiger partial charge in [0, 0.05) is 61.8 Å². The van der Waals surface area contributed by atoms with Crippen molar-refractivity contribution in [1.29, 1.82) is 0 Å². The van der Waals surface area contributed by atoms with E-state index in [4.69, 9.17) is 14.5 Å². The number of thiazole rings is 2. The van der Waals surface area contributed by atoms with E-state index in [1.54, 1.807) is 47.4 Å². The van der Waals surface area contributed by atoms with Gasteiger partial charge in [-0.15, -0.1) is 22.7 Å². The number of benzene rings is 1. The van der Waals surface area contributed by atoms with Crippen LogP contribution in [0.1, 0.15) is 92.0 Å². The van der Waals surface area contributed by atoms with Crippen LogP contribution in [0.2, 0.25) is 0 Å². The summed E-state index contributed by atoms with van der Waals surface area (Å²) in [6.07, 6.45) is 6.37. The molecule has 14 nitrogen and oxygen atoms in total. The van der Waals surface area contributed by atoms with Gasteiger partial charge in [0.2, 0.25) is 5.91 Å². The first kappa shape index (κ1) is 41.1. The number of carbonyl (C=O) groups excluding carboxylic acids is 3. The summed E-state index contributed by atoms with van der Waals surface area (Å²) in [5, 5.41) is 14.9. The SMILES string of the molecule is CC(=O)N(C)c1ccc(Cn2cccc2C(=O)Nc2nc(C(C)(C)OC(C)C(C)OC(C)(C)c3csc(NC(=O)c4ccn(Cc5ccncc5)n4)n3)cs2)cc1. The van der Waals surface area contributed by atoms with Crippen molar-refractivity contribution in [3.8, 4) is 0 Å². The predicted octanol–water partition coefficient (Wildman–Crippen LogP) is 7.56. The van der Waals surface area contributed by atoms with Crippen LogP contribution in [0.5, 0.6) is 0 Å². The minimum absolute atomic E-state index is 0.0447. The molecule has 3 amide bonds. The molecule has 0 aliphatic heterocycles. The molecule has 6 rings (SSSR count). The first-order chi connectivity index (χ1) is 27.1. The van der Waals surface area contributed by atoms with Crippen molar-refractivity contribution >= 4 is 56.3 Å². The summed E-state index contributed by atoms with van der Waals surface area (Å²) < 4.78 is 16.6. The van der Waals surface area contributed by atoms with Crippen LogP contribution in [-0.2, 0) is 38.6 Å². The maximum atomic E-state index is 13.4. The van der Waals surface area contributed by atoms with Crippen LogP contribution in [0, 0.1) is 0 Å². The number of hydrogen-bond acceptors (Lipinski definition) is 11. The van der Waals surface area contributed by atoms with E-state index in [1.807, 2.05) is 106 Å². The fourth-order valence-corrected chi connectivity index (χ4v) is 7.71. The first-order valence-corrected chi connectivity index (χ1v) is 20.1. The van der Waals surface area contributed by atoms with Gasteiger partial charge in [0.05, 0.1) is 30.1 Å². The normalized spacial score (nSPS) is 12.9. The lowest BCUT2D eigenvalue weighted by Crippen LogP contribution is -2.38. The lowest BCUT2D eigenvalue weighted by molar-refractivity contribution is -0.166. The van der Waals surface area contributed by atoms with Crippen molar-refractivity contribution in [2.75, 3.05) is 22.6 Å². The molecule has 0 aliphatic carbocycles. The van der Waals surface area contributed by atoms with Crippen molar-refractivity contribution in [2.45, 2.75) is 85.0 Å². The second-order valence-electron chi connectivity index (χ2n) is 14.7. The van der Waals surface area contributed by atoms with Gasteiger partial charge in [0.25, 0.3) is 11.8 Å². The summed E-state index contributed by atoms with van der Waals surface area (Å²) in [4.78, 5) is 53.0. The third kappa shape index (κ3) is 10.3. The number of aromatic nitrogens is 6. The Bertz CT molecular complexity index is 2310. The molecule has 298 valence electrons. The first-order valence-electron chi connectivity index (χ1n) is 18.4. The molecule has 5 aromatic heterocycles. The third-order valence-corrected chi connectivity index (χ3v) is 11.0. The molecule has 2 unspecified atom stereocenters. The Hall–Kier alpha value is -5.55. The van der Waals surface area contributed by atoms with Crippen LogP contribution >= 0.6 is 22.7 Å². The number of pyridine rings is 1. The largest absolute Gasteiger partial charge is 0.364 e. The molecule has 0 bridgehead atoms. The van der Waals surface area contributed by atoms with E-state index in [2.05, 4.69) is 25.7 Å². The van der Waals surface area contributed by atoms with Crippen molar-refractivity contribution < 1.29 is 23.9 Å². The third-order valence-electron chi connectivity index (χ3n) is 9.48. The van der Waals surface area contributed by atoms with Crippen molar-refractivity contribution in [3.63, 3.8) is 0 Å². The fourth-order valence-electron chi connectivity index (χ4n) is 5.99. The Morgan fingerprint density at radius 3 is 1.91 bits per heavy atom. The fraction of sp³-hybridized carbons (Fsp3) is 0.341. The minimum atomic E-state index is -0.799. The zero-order valence-electron chi connectivity index (χ0n) is 33.2. The highest BCUT2D eigenvalue weighted by Gasteiger charge is 2.34. The molecule has 0 radical (unpaired) electrons. The number of ether oxygens (including phenoxy) is 2. The highest BCUT2D eigenvalue weighted by Crippen LogP contribution is 2.34. The second kappa shape index (κ2) is 17.3. The molecular weight excluding hydrogens is 763 g/mol. The molecule has 2 atom stereocenters. The smallest absolute Gasteiger partial charge is 0.277 e. The molecule has 16 heteroatoms. The lowest BCUT2D eigenvalue weighted by Gasteiger charge is -2.35. The summed E-state index contributed by atoms with van der Waals surface area (Å²) in [6, 6.07) is 16.7. The van der Waals surface area contributed by atoms with Crippen molar-refractivity contribution in [2.24, 2.45) is 0 Å². The molecule has 0 aliphatic rings. The van der Waals surface area contributed by atoms with E-state index in [0.717, 1.165) is 16.8 Å². The quantitative estimate of drug-likeness (QED) is 0.101. The number of amides is 3. The number of rotatable bonds is 16. The van der Waals surface area contributed by atoms with Gasteiger partial charge < -0.3 is 18.9 Å². The monoisotopic (exact) mass is 809 g/mol. The summed E-state index contributed by atoms with van der Waals surface area (Å²) in [5.74, 6) is -0.669. The van der Waals surface area contributed by atoms with Crippen LogP contribution in [0.15, 0.2) is 90.1 Å². The molecule has 57 heavy (non-hydrogen) atoms. The highest BCUT2D eigenvalue weighted by atomic mass is 32.1. The Morgan fingerprint density at radius 2 is 1.33 bits per heavy atom. The number of nitrogens with zero attached hydrogens (tertiary/aromatic N) is 7. The van der Waals surface area contributed by atoms with Crippen molar-refractivity contribution in [3.05, 3.63) is 124 Å². The average molecular weight is 810 g/mol. The molecule has 6 aromatic rings. The second-order valence-corrected chi connectivity index (χ2v) is 16.4. The Labute approximate surface area is 339 Å². The summed E-state index contributed by atoms with van der Waals surface area (Å²) >= 11 is 2.64. The zero-order valence-corrected chi connectivity index (χ0v) is 34.9. The van der Waals surface area contributed by atoms with Gasteiger partial charge in [-0.25, -0.2) is 9.97 Å². The molecule has 2 N–H and O–H groups in total. The van der Waals surface area contributed by atoms with E-state index in [0.29, 0.717) is 46.1 Å². The number of nitrogens with one attached hydrogen (secondary N) is 2. The Balaban J connectivity index is 1.00. The molecule has 0 saturated heterocycles. The maximum absolute atomic E-state index is 13.4. The zero-order chi connectivity index (χ0) is 40.9.